The van der Waals surface area contributed by atoms with Crippen LogP contribution in [0.5, 0.6) is 0 Å². The van der Waals surface area contributed by atoms with E-state index in [0.29, 0.717) is 16.9 Å². The number of nitrogens with zero attached hydrogens (tertiary/aromatic N) is 5. The number of anilines is 2. The Morgan fingerprint density at radius 3 is 2.83 bits per heavy atom. The molecule has 1 aliphatic heterocycles. The van der Waals surface area contributed by atoms with Crippen molar-refractivity contribution >= 4 is 38.2 Å². The lowest BCUT2D eigenvalue weighted by Gasteiger charge is -2.33. The van der Waals surface area contributed by atoms with Crippen LogP contribution < -0.4 is 10.2 Å². The summed E-state index contributed by atoms with van der Waals surface area (Å²) in [5.74, 6) is 0.988. The van der Waals surface area contributed by atoms with Crippen LogP contribution in [-0.2, 0) is 11.2 Å². The highest BCUT2D eigenvalue weighted by Gasteiger charge is 2.71. The summed E-state index contributed by atoms with van der Waals surface area (Å²) in [4.78, 5) is 11.8. The molecule has 3 aromatic heterocycles. The molecule has 0 amide bonds. The van der Waals surface area contributed by atoms with E-state index in [9.17, 15) is 0 Å². The maximum atomic E-state index is 5.50. The fourth-order valence-electron chi connectivity index (χ4n) is 7.17. The maximum absolute atomic E-state index is 5.50. The molecule has 186 valence electrons. The number of hydrogen-bond donors (Lipinski definition) is 1. The highest BCUT2D eigenvalue weighted by Crippen LogP contribution is 2.76. The summed E-state index contributed by atoms with van der Waals surface area (Å²) >= 11 is 1.81. The topological polar surface area (TPSA) is 67.6 Å². The van der Waals surface area contributed by atoms with Gasteiger partial charge in [0.1, 0.15) is 5.82 Å². The molecule has 7 nitrogen and oxygen atoms in total. The molecule has 1 N–H and O–H groups in total. The van der Waals surface area contributed by atoms with Crippen LogP contribution in [0.3, 0.4) is 0 Å². The molecule has 2 spiro atoms. The summed E-state index contributed by atoms with van der Waals surface area (Å²) in [5, 5.41) is 9.88. The third kappa shape index (κ3) is 3.37. The van der Waals surface area contributed by atoms with Crippen LogP contribution in [-0.4, -0.2) is 51.9 Å². The van der Waals surface area contributed by atoms with Gasteiger partial charge in [-0.15, -0.1) is 5.10 Å². The summed E-state index contributed by atoms with van der Waals surface area (Å²) in [6, 6.07) is 11.4. The van der Waals surface area contributed by atoms with Gasteiger partial charge in [-0.25, -0.2) is 14.5 Å². The monoisotopic (exact) mass is 500 g/mol. The standard InChI is InChI=1S/C28H32N6OS/c1-2-8-28(27(7-1)9-10-27)17-23(28)31-26-30-21-4-3-19(16-22(21)36-26)15-20-18-29-24-5-6-25(32-34(20)24)33-11-13-35-14-12-33/h3-6,16,18,23H,1-2,7-15,17H2,(H,30,31)/t23-,28?/m0/s1. The molecule has 8 heteroatoms. The van der Waals surface area contributed by atoms with Gasteiger partial charge in [-0.3, -0.25) is 0 Å². The van der Waals surface area contributed by atoms with Crippen molar-refractivity contribution in [1.82, 2.24) is 19.6 Å². The predicted molar refractivity (Wildman–Crippen MR) is 143 cm³/mol. The minimum atomic E-state index is 0.574. The van der Waals surface area contributed by atoms with E-state index >= 15 is 0 Å². The first-order valence-corrected chi connectivity index (χ1v) is 14.4. The fourth-order valence-corrected chi connectivity index (χ4v) is 8.15. The number of aromatic nitrogens is 4. The summed E-state index contributed by atoms with van der Waals surface area (Å²) < 4.78 is 8.76. The number of morpholine rings is 1. The Kier molecular flexibility index (Phi) is 4.69. The molecule has 36 heavy (non-hydrogen) atoms. The van der Waals surface area contributed by atoms with Crippen LogP contribution >= 0.6 is 11.3 Å². The molecule has 1 unspecified atom stereocenters. The number of rotatable bonds is 5. The molecule has 0 radical (unpaired) electrons. The number of fused-ring (bicyclic) bond motifs is 3. The van der Waals surface area contributed by atoms with Crippen LogP contribution in [0.1, 0.15) is 56.2 Å². The number of nitrogens with one attached hydrogen (secondary N) is 1. The lowest BCUT2D eigenvalue weighted by atomic mass is 9.73. The molecule has 8 rings (SSSR count). The van der Waals surface area contributed by atoms with Crippen LogP contribution in [0, 0.1) is 10.8 Å². The fraction of sp³-hybridized carbons (Fsp3) is 0.536. The van der Waals surface area contributed by atoms with Gasteiger partial charge in [0.2, 0.25) is 0 Å². The van der Waals surface area contributed by atoms with Gasteiger partial charge < -0.3 is 15.0 Å². The van der Waals surface area contributed by atoms with E-state index in [1.54, 1.807) is 11.3 Å². The van der Waals surface area contributed by atoms with Crippen molar-refractivity contribution in [3.8, 4) is 0 Å². The highest BCUT2D eigenvalue weighted by atomic mass is 32.1. The van der Waals surface area contributed by atoms with Gasteiger partial charge in [0.25, 0.3) is 0 Å². The van der Waals surface area contributed by atoms with Gasteiger partial charge in [0, 0.05) is 25.6 Å². The van der Waals surface area contributed by atoms with Gasteiger partial charge in [-0.2, -0.15) is 0 Å². The quantitative estimate of drug-likeness (QED) is 0.402. The number of thiazole rings is 1. The third-order valence-electron chi connectivity index (χ3n) is 9.40. The van der Waals surface area contributed by atoms with E-state index in [-0.39, 0.29) is 0 Å². The molecule has 4 aliphatic rings. The Morgan fingerprint density at radius 2 is 1.94 bits per heavy atom. The number of ether oxygens (including phenoxy) is 1. The Bertz CT molecular complexity index is 1450. The minimum Gasteiger partial charge on any atom is -0.378 e. The number of hydrogen-bond acceptors (Lipinski definition) is 7. The summed E-state index contributed by atoms with van der Waals surface area (Å²) in [6.45, 7) is 3.27. The summed E-state index contributed by atoms with van der Waals surface area (Å²) in [7, 11) is 0. The van der Waals surface area contributed by atoms with Crippen molar-refractivity contribution < 1.29 is 4.74 Å². The Labute approximate surface area is 214 Å². The largest absolute Gasteiger partial charge is 0.378 e. The Morgan fingerprint density at radius 1 is 1.06 bits per heavy atom. The van der Waals surface area contributed by atoms with Crippen molar-refractivity contribution in [2.24, 2.45) is 10.8 Å². The highest BCUT2D eigenvalue weighted by molar-refractivity contribution is 7.22. The molecule has 3 saturated carbocycles. The second-order valence-electron chi connectivity index (χ2n) is 11.4. The molecule has 0 bridgehead atoms. The second kappa shape index (κ2) is 7.89. The van der Waals surface area contributed by atoms with Crippen molar-refractivity contribution in [3.05, 3.63) is 47.8 Å². The lowest BCUT2D eigenvalue weighted by Crippen LogP contribution is -2.37. The molecule has 1 saturated heterocycles. The zero-order valence-electron chi connectivity index (χ0n) is 20.6. The van der Waals surface area contributed by atoms with Gasteiger partial charge in [-0.1, -0.05) is 30.2 Å². The Hall–Kier alpha value is -2.71. The molecule has 1 aromatic carbocycles. The van der Waals surface area contributed by atoms with E-state index < -0.39 is 0 Å². The van der Waals surface area contributed by atoms with Crippen LogP contribution in [0.4, 0.5) is 10.9 Å². The molecular formula is C28H32N6OS. The van der Waals surface area contributed by atoms with E-state index in [1.165, 1.54) is 55.2 Å². The molecule has 2 atom stereocenters. The second-order valence-corrected chi connectivity index (χ2v) is 12.4. The van der Waals surface area contributed by atoms with E-state index in [4.69, 9.17) is 14.8 Å². The normalized spacial score (nSPS) is 26.8. The number of benzene rings is 1. The minimum absolute atomic E-state index is 0.574. The summed E-state index contributed by atoms with van der Waals surface area (Å²) in [5.41, 5.74) is 5.61. The average Bonchev–Trinajstić information content (AvgIpc) is 3.73. The lowest BCUT2D eigenvalue weighted by molar-refractivity contribution is 0.122. The Balaban J connectivity index is 1.02. The van der Waals surface area contributed by atoms with Crippen LogP contribution in [0.25, 0.3) is 15.9 Å². The van der Waals surface area contributed by atoms with Gasteiger partial charge >= 0.3 is 0 Å². The first-order chi connectivity index (χ1) is 17.7. The zero-order valence-corrected chi connectivity index (χ0v) is 21.4. The van der Waals surface area contributed by atoms with Gasteiger partial charge in [-0.05, 0) is 72.8 Å². The first kappa shape index (κ1) is 21.4. The first-order valence-electron chi connectivity index (χ1n) is 13.5. The van der Waals surface area contributed by atoms with Crippen molar-refractivity contribution in [2.75, 3.05) is 36.5 Å². The molecule has 3 aliphatic carbocycles. The van der Waals surface area contributed by atoms with Gasteiger partial charge in [0.15, 0.2) is 10.8 Å². The van der Waals surface area contributed by atoms with Crippen LogP contribution in [0.2, 0.25) is 0 Å². The predicted octanol–water partition coefficient (Wildman–Crippen LogP) is 5.29. The number of imidazole rings is 1. The van der Waals surface area contributed by atoms with E-state index in [1.807, 2.05) is 10.7 Å². The summed E-state index contributed by atoms with van der Waals surface area (Å²) in [6.07, 6.45) is 12.7. The molecule has 4 fully saturated rings. The zero-order chi connectivity index (χ0) is 23.7. The average molecular weight is 501 g/mol. The van der Waals surface area contributed by atoms with Crippen LogP contribution in [0.15, 0.2) is 36.5 Å². The van der Waals surface area contributed by atoms with Crippen molar-refractivity contribution in [3.63, 3.8) is 0 Å². The SMILES string of the molecule is c1cc2nc(N[C@H]3CC34CCCCC43CC3)sc2cc1Cc1cnc2ccc(N3CCOCC3)nn12. The van der Waals surface area contributed by atoms with E-state index in [2.05, 4.69) is 45.5 Å². The van der Waals surface area contributed by atoms with Gasteiger partial charge in [0.05, 0.1) is 35.3 Å². The smallest absolute Gasteiger partial charge is 0.184 e. The molecular weight excluding hydrogens is 468 g/mol. The molecule has 4 aromatic rings. The molecule has 4 heterocycles. The van der Waals surface area contributed by atoms with Crippen molar-refractivity contribution in [1.29, 1.82) is 0 Å². The van der Waals surface area contributed by atoms with E-state index in [0.717, 1.165) is 60.5 Å². The maximum Gasteiger partial charge on any atom is 0.184 e. The van der Waals surface area contributed by atoms with Crippen molar-refractivity contribution in [2.45, 2.75) is 57.4 Å². The third-order valence-corrected chi connectivity index (χ3v) is 10.4.